The molecule has 1 aliphatic rings. The van der Waals surface area contributed by atoms with Crippen molar-refractivity contribution >= 4 is 5.95 Å². The summed E-state index contributed by atoms with van der Waals surface area (Å²) in [6.07, 6.45) is 0.631. The Morgan fingerprint density at radius 1 is 1.21 bits per heavy atom. The number of fused-ring (bicyclic) bond motifs is 1. The number of benzene rings is 2. The minimum absolute atomic E-state index is 0.0387. The van der Waals surface area contributed by atoms with Gasteiger partial charge in [-0.25, -0.2) is 9.07 Å². The molecule has 0 fully saturated rings. The van der Waals surface area contributed by atoms with E-state index in [0.717, 1.165) is 11.3 Å². The minimum Gasteiger partial charge on any atom is -0.497 e. The first kappa shape index (κ1) is 14.6. The fourth-order valence-corrected chi connectivity index (χ4v) is 3.12. The van der Waals surface area contributed by atoms with Crippen LogP contribution in [0, 0.1) is 5.82 Å². The van der Waals surface area contributed by atoms with Gasteiger partial charge in [-0.05, 0) is 40.6 Å². The maximum Gasteiger partial charge on any atom is 0.243 e. The van der Waals surface area contributed by atoms with Crippen molar-refractivity contribution in [1.82, 2.24) is 20.2 Å². The molecule has 24 heavy (non-hydrogen) atoms. The fourth-order valence-electron chi connectivity index (χ4n) is 3.12. The number of methoxy groups -OCH3 is 1. The van der Waals surface area contributed by atoms with Crippen LogP contribution in [0.2, 0.25) is 0 Å². The van der Waals surface area contributed by atoms with Crippen molar-refractivity contribution in [2.24, 2.45) is 0 Å². The molecular formula is C17H16FN5O. The van der Waals surface area contributed by atoms with Crippen LogP contribution in [0.1, 0.15) is 29.6 Å². The summed E-state index contributed by atoms with van der Waals surface area (Å²) in [5.74, 6) is 1.06. The third-order valence-corrected chi connectivity index (χ3v) is 4.31. The van der Waals surface area contributed by atoms with E-state index in [0.29, 0.717) is 17.9 Å². The van der Waals surface area contributed by atoms with Crippen LogP contribution < -0.4 is 10.1 Å². The van der Waals surface area contributed by atoms with Gasteiger partial charge in [-0.1, -0.05) is 35.4 Å². The number of ether oxygens (including phenoxy) is 1. The summed E-state index contributed by atoms with van der Waals surface area (Å²) in [7, 11) is 1.64. The van der Waals surface area contributed by atoms with Gasteiger partial charge >= 0.3 is 0 Å². The Balaban J connectivity index is 1.75. The molecule has 3 aromatic rings. The molecule has 1 N–H and O–H groups in total. The number of hydrogen-bond acceptors (Lipinski definition) is 5. The summed E-state index contributed by atoms with van der Waals surface area (Å²) in [6.45, 7) is 0. The lowest BCUT2D eigenvalue weighted by molar-refractivity contribution is 0.403. The van der Waals surface area contributed by atoms with E-state index in [4.69, 9.17) is 4.74 Å². The molecule has 0 aliphatic carbocycles. The van der Waals surface area contributed by atoms with E-state index in [1.165, 1.54) is 6.07 Å². The summed E-state index contributed by atoms with van der Waals surface area (Å²) in [6, 6.07) is 14.2. The van der Waals surface area contributed by atoms with Crippen LogP contribution in [-0.4, -0.2) is 27.3 Å². The summed E-state index contributed by atoms with van der Waals surface area (Å²) >= 11 is 0. The van der Waals surface area contributed by atoms with Crippen molar-refractivity contribution in [3.05, 3.63) is 65.5 Å². The third kappa shape index (κ3) is 2.47. The van der Waals surface area contributed by atoms with Crippen LogP contribution >= 0.6 is 0 Å². The Hall–Kier alpha value is -2.96. The van der Waals surface area contributed by atoms with Gasteiger partial charge in [-0.2, -0.15) is 0 Å². The molecule has 6 nitrogen and oxygen atoms in total. The Kier molecular flexibility index (Phi) is 3.60. The SMILES string of the molecule is COc1cccc([C@H]2C[C@@H](c3ccccc3F)n3nnnc3N2)c1. The average molecular weight is 325 g/mol. The van der Waals surface area contributed by atoms with Crippen LogP contribution in [0.4, 0.5) is 10.3 Å². The number of anilines is 1. The second-order valence-corrected chi connectivity index (χ2v) is 5.69. The van der Waals surface area contributed by atoms with Gasteiger partial charge in [0.2, 0.25) is 5.95 Å². The molecule has 0 saturated carbocycles. The molecule has 0 bridgehead atoms. The molecule has 0 saturated heterocycles. The Morgan fingerprint density at radius 2 is 2.08 bits per heavy atom. The second kappa shape index (κ2) is 5.92. The highest BCUT2D eigenvalue weighted by Crippen LogP contribution is 2.38. The number of halogens is 1. The lowest BCUT2D eigenvalue weighted by Crippen LogP contribution is -2.28. The molecular weight excluding hydrogens is 309 g/mol. The normalized spacial score (nSPS) is 19.4. The molecule has 2 atom stereocenters. The molecule has 2 aromatic carbocycles. The van der Waals surface area contributed by atoms with E-state index in [-0.39, 0.29) is 17.9 Å². The lowest BCUT2D eigenvalue weighted by Gasteiger charge is -2.31. The van der Waals surface area contributed by atoms with E-state index >= 15 is 0 Å². The molecule has 0 radical (unpaired) electrons. The summed E-state index contributed by atoms with van der Waals surface area (Å²) in [5, 5.41) is 15.1. The van der Waals surface area contributed by atoms with Crippen LogP contribution in [0.25, 0.3) is 0 Å². The van der Waals surface area contributed by atoms with Gasteiger partial charge < -0.3 is 10.1 Å². The quantitative estimate of drug-likeness (QED) is 0.802. The smallest absolute Gasteiger partial charge is 0.243 e. The first-order chi connectivity index (χ1) is 11.8. The van der Waals surface area contributed by atoms with Gasteiger partial charge in [0.05, 0.1) is 19.2 Å². The van der Waals surface area contributed by atoms with Gasteiger partial charge in [-0.3, -0.25) is 0 Å². The predicted molar refractivity (Wildman–Crippen MR) is 86.3 cm³/mol. The molecule has 2 heterocycles. The maximum absolute atomic E-state index is 14.3. The number of hydrogen-bond donors (Lipinski definition) is 1. The maximum atomic E-state index is 14.3. The molecule has 0 spiro atoms. The highest BCUT2D eigenvalue weighted by Gasteiger charge is 2.32. The van der Waals surface area contributed by atoms with Crippen molar-refractivity contribution in [3.63, 3.8) is 0 Å². The zero-order chi connectivity index (χ0) is 16.5. The highest BCUT2D eigenvalue weighted by atomic mass is 19.1. The van der Waals surface area contributed by atoms with Crippen molar-refractivity contribution in [2.75, 3.05) is 12.4 Å². The average Bonchev–Trinajstić information content (AvgIpc) is 3.10. The molecule has 1 aliphatic heterocycles. The van der Waals surface area contributed by atoms with Crippen LogP contribution in [0.5, 0.6) is 5.75 Å². The second-order valence-electron chi connectivity index (χ2n) is 5.69. The van der Waals surface area contributed by atoms with Crippen LogP contribution in [0.15, 0.2) is 48.5 Å². The number of aromatic nitrogens is 4. The largest absolute Gasteiger partial charge is 0.497 e. The lowest BCUT2D eigenvalue weighted by atomic mass is 9.93. The first-order valence-electron chi connectivity index (χ1n) is 7.69. The molecule has 0 unspecified atom stereocenters. The predicted octanol–water partition coefficient (Wildman–Crippen LogP) is 2.97. The zero-order valence-electron chi connectivity index (χ0n) is 13.1. The Bertz CT molecular complexity index is 865. The minimum atomic E-state index is -0.270. The van der Waals surface area contributed by atoms with Crippen molar-refractivity contribution in [2.45, 2.75) is 18.5 Å². The van der Waals surface area contributed by atoms with E-state index in [9.17, 15) is 4.39 Å². The number of nitrogens with zero attached hydrogens (tertiary/aromatic N) is 4. The molecule has 122 valence electrons. The van der Waals surface area contributed by atoms with Crippen LogP contribution in [-0.2, 0) is 0 Å². The van der Waals surface area contributed by atoms with Gasteiger partial charge in [0, 0.05) is 5.56 Å². The fraction of sp³-hybridized carbons (Fsp3) is 0.235. The molecule has 0 amide bonds. The number of rotatable bonds is 3. The van der Waals surface area contributed by atoms with Gasteiger partial charge in [0.25, 0.3) is 0 Å². The van der Waals surface area contributed by atoms with E-state index in [1.54, 1.807) is 23.9 Å². The third-order valence-electron chi connectivity index (χ3n) is 4.31. The van der Waals surface area contributed by atoms with E-state index < -0.39 is 0 Å². The Labute approximate surface area is 138 Å². The zero-order valence-corrected chi connectivity index (χ0v) is 13.1. The van der Waals surface area contributed by atoms with Gasteiger partial charge in [0.15, 0.2) is 0 Å². The molecule has 4 rings (SSSR count). The standard InChI is InChI=1S/C17H16FN5O/c1-24-12-6-4-5-11(9-12)15-10-16(13-7-2-3-8-14(13)18)23-17(19-15)20-21-22-23/h2-9,15-16H,10H2,1H3,(H,19,20,22)/t15-,16+/m1/s1. The Morgan fingerprint density at radius 3 is 2.92 bits per heavy atom. The summed E-state index contributed by atoms with van der Waals surface area (Å²) in [5.41, 5.74) is 1.63. The van der Waals surface area contributed by atoms with Crippen LogP contribution in [0.3, 0.4) is 0 Å². The van der Waals surface area contributed by atoms with Crippen molar-refractivity contribution in [1.29, 1.82) is 0 Å². The summed E-state index contributed by atoms with van der Waals surface area (Å²) in [4.78, 5) is 0. The van der Waals surface area contributed by atoms with Crippen molar-refractivity contribution < 1.29 is 9.13 Å². The highest BCUT2D eigenvalue weighted by molar-refractivity contribution is 5.40. The monoisotopic (exact) mass is 325 g/mol. The number of tetrazole rings is 1. The van der Waals surface area contributed by atoms with Gasteiger partial charge in [0.1, 0.15) is 11.6 Å². The van der Waals surface area contributed by atoms with Gasteiger partial charge in [-0.15, -0.1) is 0 Å². The van der Waals surface area contributed by atoms with E-state index in [2.05, 4.69) is 20.8 Å². The molecule has 7 heteroatoms. The summed E-state index contributed by atoms with van der Waals surface area (Å²) < 4.78 is 21.2. The topological polar surface area (TPSA) is 64.9 Å². The molecule has 1 aromatic heterocycles. The van der Waals surface area contributed by atoms with Crippen molar-refractivity contribution in [3.8, 4) is 5.75 Å². The van der Waals surface area contributed by atoms with E-state index in [1.807, 2.05) is 30.3 Å². The number of nitrogens with one attached hydrogen (secondary N) is 1. The first-order valence-corrected chi connectivity index (χ1v) is 7.69.